The van der Waals surface area contributed by atoms with Gasteiger partial charge in [0.15, 0.2) is 6.61 Å². The fourth-order valence-corrected chi connectivity index (χ4v) is 2.33. The molecule has 0 spiro atoms. The van der Waals surface area contributed by atoms with Crippen LogP contribution in [0.15, 0.2) is 48.5 Å². The van der Waals surface area contributed by atoms with E-state index < -0.39 is 24.5 Å². The molecular weight excluding hydrogens is 334 g/mol. The number of hydrogen-bond acceptors (Lipinski definition) is 5. The molecule has 6 heteroatoms. The van der Waals surface area contributed by atoms with Crippen LogP contribution in [0.4, 0.5) is 5.69 Å². The summed E-state index contributed by atoms with van der Waals surface area (Å²) in [5.41, 5.74) is 2.39. The first-order valence-electron chi connectivity index (χ1n) is 8.27. The molecule has 0 saturated carbocycles. The minimum atomic E-state index is -0.528. The lowest BCUT2D eigenvalue weighted by Crippen LogP contribution is -2.23. The first-order valence-corrected chi connectivity index (χ1v) is 8.27. The van der Waals surface area contributed by atoms with Gasteiger partial charge in [-0.25, -0.2) is 4.79 Å². The van der Waals surface area contributed by atoms with Crippen LogP contribution in [-0.4, -0.2) is 31.1 Å². The monoisotopic (exact) mass is 355 g/mol. The summed E-state index contributed by atoms with van der Waals surface area (Å²) in [6.07, 6.45) is 0.0966. The van der Waals surface area contributed by atoms with E-state index in [4.69, 9.17) is 9.47 Å². The minimum Gasteiger partial charge on any atom is -0.462 e. The predicted molar refractivity (Wildman–Crippen MR) is 96.9 cm³/mol. The largest absolute Gasteiger partial charge is 0.462 e. The fraction of sp³-hybridized carbons (Fsp3) is 0.250. The number of aryl methyl sites for hydroxylation is 1. The molecule has 2 aromatic rings. The zero-order valence-corrected chi connectivity index (χ0v) is 14.8. The molecule has 136 valence electrons. The van der Waals surface area contributed by atoms with Gasteiger partial charge in [0.25, 0.3) is 5.91 Å². The summed E-state index contributed by atoms with van der Waals surface area (Å²) in [7, 11) is 0. The van der Waals surface area contributed by atoms with Crippen molar-refractivity contribution in [3.8, 4) is 0 Å². The van der Waals surface area contributed by atoms with Crippen molar-refractivity contribution < 1.29 is 23.9 Å². The van der Waals surface area contributed by atoms with Crippen molar-refractivity contribution in [2.75, 3.05) is 18.5 Å². The van der Waals surface area contributed by atoms with Gasteiger partial charge in [-0.15, -0.1) is 0 Å². The van der Waals surface area contributed by atoms with E-state index in [0.717, 1.165) is 11.1 Å². The highest BCUT2D eigenvalue weighted by molar-refractivity contribution is 6.01. The third kappa shape index (κ3) is 5.44. The third-order valence-electron chi connectivity index (χ3n) is 3.66. The quantitative estimate of drug-likeness (QED) is 0.772. The maximum atomic E-state index is 12.0. The van der Waals surface area contributed by atoms with Gasteiger partial charge >= 0.3 is 11.9 Å². The number of amides is 1. The highest BCUT2D eigenvalue weighted by atomic mass is 16.5. The number of nitrogens with one attached hydrogen (secondary N) is 1. The van der Waals surface area contributed by atoms with Crippen molar-refractivity contribution in [2.45, 2.75) is 20.3 Å². The smallest absolute Gasteiger partial charge is 0.340 e. The topological polar surface area (TPSA) is 81.7 Å². The summed E-state index contributed by atoms with van der Waals surface area (Å²) < 4.78 is 9.97. The van der Waals surface area contributed by atoms with E-state index in [1.165, 1.54) is 0 Å². The Morgan fingerprint density at radius 2 is 1.65 bits per heavy atom. The fourth-order valence-electron chi connectivity index (χ4n) is 2.33. The average molecular weight is 355 g/mol. The van der Waals surface area contributed by atoms with Crippen molar-refractivity contribution in [1.29, 1.82) is 0 Å². The number of ether oxygens (including phenoxy) is 2. The molecule has 0 bridgehead atoms. The summed E-state index contributed by atoms with van der Waals surface area (Å²) in [4.78, 5) is 35.8. The lowest BCUT2D eigenvalue weighted by molar-refractivity contribution is -0.146. The second-order valence-corrected chi connectivity index (χ2v) is 5.58. The number of para-hydroxylation sites is 1. The summed E-state index contributed by atoms with van der Waals surface area (Å²) >= 11 is 0. The molecule has 0 aliphatic rings. The second-order valence-electron chi connectivity index (χ2n) is 5.58. The van der Waals surface area contributed by atoms with Crippen LogP contribution in [0.3, 0.4) is 0 Å². The van der Waals surface area contributed by atoms with E-state index in [-0.39, 0.29) is 18.6 Å². The zero-order chi connectivity index (χ0) is 18.9. The van der Waals surface area contributed by atoms with E-state index in [1.807, 2.05) is 31.2 Å². The summed E-state index contributed by atoms with van der Waals surface area (Å²) in [5, 5.41) is 2.56. The molecule has 0 atom stereocenters. The zero-order valence-electron chi connectivity index (χ0n) is 14.8. The maximum absolute atomic E-state index is 12.0. The molecule has 0 fully saturated rings. The van der Waals surface area contributed by atoms with Gasteiger partial charge in [-0.05, 0) is 37.1 Å². The molecule has 1 amide bonds. The van der Waals surface area contributed by atoms with E-state index in [0.29, 0.717) is 5.69 Å². The standard InChI is InChI=1S/C20H21NO5/c1-3-25-20(24)16-10-6-7-11-17(16)21-18(22)13-26-19(23)12-15-9-5-4-8-14(15)2/h4-11H,3,12-13H2,1-2H3,(H,21,22). The van der Waals surface area contributed by atoms with E-state index in [1.54, 1.807) is 31.2 Å². The van der Waals surface area contributed by atoms with Gasteiger partial charge in [-0.2, -0.15) is 0 Å². The Labute approximate surface area is 152 Å². The van der Waals surface area contributed by atoms with Crippen molar-refractivity contribution in [3.05, 3.63) is 65.2 Å². The number of benzene rings is 2. The third-order valence-corrected chi connectivity index (χ3v) is 3.66. The van der Waals surface area contributed by atoms with Crippen LogP contribution in [0.2, 0.25) is 0 Å². The minimum absolute atomic E-state index is 0.0966. The molecule has 0 unspecified atom stereocenters. The Morgan fingerprint density at radius 3 is 2.38 bits per heavy atom. The van der Waals surface area contributed by atoms with Gasteiger partial charge < -0.3 is 14.8 Å². The Balaban J connectivity index is 1.90. The molecule has 2 aromatic carbocycles. The molecule has 26 heavy (non-hydrogen) atoms. The molecule has 0 aliphatic carbocycles. The number of rotatable bonds is 7. The highest BCUT2D eigenvalue weighted by Gasteiger charge is 2.15. The second kappa shape index (κ2) is 9.36. The van der Waals surface area contributed by atoms with Crippen molar-refractivity contribution >= 4 is 23.5 Å². The molecule has 0 saturated heterocycles. The van der Waals surface area contributed by atoms with E-state index in [9.17, 15) is 14.4 Å². The highest BCUT2D eigenvalue weighted by Crippen LogP contribution is 2.16. The lowest BCUT2D eigenvalue weighted by atomic mass is 10.1. The number of hydrogen-bond donors (Lipinski definition) is 1. The molecular formula is C20H21NO5. The van der Waals surface area contributed by atoms with E-state index >= 15 is 0 Å². The van der Waals surface area contributed by atoms with Gasteiger partial charge in [0.2, 0.25) is 0 Å². The SMILES string of the molecule is CCOC(=O)c1ccccc1NC(=O)COC(=O)Cc1ccccc1C. The maximum Gasteiger partial charge on any atom is 0.340 e. The van der Waals surface area contributed by atoms with Crippen molar-refractivity contribution in [2.24, 2.45) is 0 Å². The Morgan fingerprint density at radius 1 is 0.962 bits per heavy atom. The predicted octanol–water partition coefficient (Wildman–Crippen LogP) is 2.90. The van der Waals surface area contributed by atoms with Gasteiger partial charge in [0.1, 0.15) is 0 Å². The van der Waals surface area contributed by atoms with Crippen LogP contribution in [0, 0.1) is 6.92 Å². The number of carbonyl (C=O) groups is 3. The molecule has 1 N–H and O–H groups in total. The molecule has 2 rings (SSSR count). The number of anilines is 1. The normalized spacial score (nSPS) is 10.1. The lowest BCUT2D eigenvalue weighted by Gasteiger charge is -2.11. The first-order chi connectivity index (χ1) is 12.5. The summed E-state index contributed by atoms with van der Waals surface area (Å²) in [6, 6.07) is 14.0. The van der Waals surface area contributed by atoms with Crippen LogP contribution in [0.1, 0.15) is 28.4 Å². The molecule has 0 aliphatic heterocycles. The van der Waals surface area contributed by atoms with Gasteiger partial charge in [0, 0.05) is 0 Å². The Kier molecular flexibility index (Phi) is 6.91. The van der Waals surface area contributed by atoms with Gasteiger partial charge in [0.05, 0.1) is 24.3 Å². The van der Waals surface area contributed by atoms with Gasteiger partial charge in [-0.1, -0.05) is 36.4 Å². The summed E-state index contributed by atoms with van der Waals surface area (Å²) in [6.45, 7) is 3.41. The van der Waals surface area contributed by atoms with Gasteiger partial charge in [-0.3, -0.25) is 9.59 Å². The van der Waals surface area contributed by atoms with Crippen LogP contribution in [0.5, 0.6) is 0 Å². The van der Waals surface area contributed by atoms with Crippen molar-refractivity contribution in [3.63, 3.8) is 0 Å². The van der Waals surface area contributed by atoms with Crippen LogP contribution >= 0.6 is 0 Å². The number of carbonyl (C=O) groups excluding carboxylic acids is 3. The first kappa shape index (κ1) is 19.2. The Hall–Kier alpha value is -3.15. The van der Waals surface area contributed by atoms with Crippen molar-refractivity contribution in [1.82, 2.24) is 0 Å². The average Bonchev–Trinajstić information content (AvgIpc) is 2.62. The van der Waals surface area contributed by atoms with E-state index in [2.05, 4.69) is 5.32 Å². The summed E-state index contributed by atoms with van der Waals surface area (Å²) in [5.74, 6) is -1.55. The molecule has 0 heterocycles. The molecule has 0 aromatic heterocycles. The van der Waals surface area contributed by atoms with Crippen LogP contribution in [0.25, 0.3) is 0 Å². The van der Waals surface area contributed by atoms with Crippen LogP contribution in [-0.2, 0) is 25.5 Å². The van der Waals surface area contributed by atoms with Crippen LogP contribution < -0.4 is 5.32 Å². The molecule has 6 nitrogen and oxygen atoms in total. The Bertz CT molecular complexity index is 800. The number of esters is 2. The molecule has 0 radical (unpaired) electrons.